The van der Waals surface area contributed by atoms with Gasteiger partial charge in [-0.15, -0.1) is 0 Å². The van der Waals surface area contributed by atoms with Crippen molar-refractivity contribution >= 4 is 5.97 Å². The SMILES string of the molecule is CCOC(=O)Cc1c(F)cc(C(F)(F)F)nc1C(F)F. The van der Waals surface area contributed by atoms with Crippen LogP contribution in [0.1, 0.15) is 30.3 Å². The average molecular weight is 301 g/mol. The van der Waals surface area contributed by atoms with Crippen molar-refractivity contribution in [3.63, 3.8) is 0 Å². The van der Waals surface area contributed by atoms with Gasteiger partial charge in [-0.1, -0.05) is 0 Å². The van der Waals surface area contributed by atoms with E-state index >= 15 is 0 Å². The van der Waals surface area contributed by atoms with Gasteiger partial charge in [-0.3, -0.25) is 4.79 Å². The molecule has 1 rings (SSSR count). The zero-order valence-corrected chi connectivity index (χ0v) is 10.1. The number of carbonyl (C=O) groups excluding carboxylic acids is 1. The molecule has 0 fully saturated rings. The molecule has 20 heavy (non-hydrogen) atoms. The molecule has 0 N–H and O–H groups in total. The Morgan fingerprint density at radius 3 is 2.45 bits per heavy atom. The van der Waals surface area contributed by atoms with E-state index < -0.39 is 47.8 Å². The lowest BCUT2D eigenvalue weighted by atomic mass is 10.1. The van der Waals surface area contributed by atoms with Crippen molar-refractivity contribution in [1.82, 2.24) is 4.98 Å². The highest BCUT2D eigenvalue weighted by Crippen LogP contribution is 2.32. The van der Waals surface area contributed by atoms with Crippen molar-refractivity contribution in [2.75, 3.05) is 6.61 Å². The van der Waals surface area contributed by atoms with Crippen molar-refractivity contribution in [2.24, 2.45) is 0 Å². The first-order valence-electron chi connectivity index (χ1n) is 5.37. The molecule has 0 spiro atoms. The second-order valence-electron chi connectivity index (χ2n) is 3.63. The molecule has 0 aliphatic heterocycles. The van der Waals surface area contributed by atoms with Crippen LogP contribution in [0, 0.1) is 5.82 Å². The normalized spacial score (nSPS) is 11.8. The third kappa shape index (κ3) is 3.84. The summed E-state index contributed by atoms with van der Waals surface area (Å²) in [6, 6.07) is -0.0273. The molecule has 0 aromatic carbocycles. The van der Waals surface area contributed by atoms with Gasteiger partial charge < -0.3 is 4.74 Å². The first-order valence-corrected chi connectivity index (χ1v) is 5.37. The lowest BCUT2D eigenvalue weighted by Gasteiger charge is -2.13. The molecule has 112 valence electrons. The van der Waals surface area contributed by atoms with E-state index in [1.54, 1.807) is 0 Å². The van der Waals surface area contributed by atoms with Gasteiger partial charge in [0.2, 0.25) is 0 Å². The largest absolute Gasteiger partial charge is 0.466 e. The number of carbonyl (C=O) groups is 1. The van der Waals surface area contributed by atoms with Crippen LogP contribution in [0.3, 0.4) is 0 Å². The summed E-state index contributed by atoms with van der Waals surface area (Å²) in [5.41, 5.74) is -4.09. The number of halogens is 6. The summed E-state index contributed by atoms with van der Waals surface area (Å²) >= 11 is 0. The molecule has 0 atom stereocenters. The number of hydrogen-bond donors (Lipinski definition) is 0. The summed E-state index contributed by atoms with van der Waals surface area (Å²) in [4.78, 5) is 13.8. The van der Waals surface area contributed by atoms with E-state index in [1.807, 2.05) is 0 Å². The molecule has 3 nitrogen and oxygen atoms in total. The minimum Gasteiger partial charge on any atom is -0.466 e. The van der Waals surface area contributed by atoms with E-state index in [1.165, 1.54) is 6.92 Å². The first-order chi connectivity index (χ1) is 9.16. The fourth-order valence-corrected chi connectivity index (χ4v) is 1.42. The fraction of sp³-hybridized carbons (Fsp3) is 0.455. The maximum atomic E-state index is 13.5. The van der Waals surface area contributed by atoms with Crippen molar-refractivity contribution < 1.29 is 35.9 Å². The Balaban J connectivity index is 3.27. The van der Waals surface area contributed by atoms with E-state index in [9.17, 15) is 31.1 Å². The van der Waals surface area contributed by atoms with E-state index in [2.05, 4.69) is 9.72 Å². The number of pyridine rings is 1. The summed E-state index contributed by atoms with van der Waals surface area (Å²) in [5, 5.41) is 0. The zero-order valence-electron chi connectivity index (χ0n) is 10.1. The van der Waals surface area contributed by atoms with Gasteiger partial charge in [-0.25, -0.2) is 18.2 Å². The second kappa shape index (κ2) is 6.10. The zero-order chi connectivity index (χ0) is 15.5. The Hall–Kier alpha value is -1.80. The highest BCUT2D eigenvalue weighted by Gasteiger charge is 2.36. The summed E-state index contributed by atoms with van der Waals surface area (Å²) < 4.78 is 80.4. The third-order valence-electron chi connectivity index (χ3n) is 2.23. The van der Waals surface area contributed by atoms with Gasteiger partial charge in [0, 0.05) is 11.6 Å². The minimum atomic E-state index is -5.06. The predicted molar refractivity (Wildman–Crippen MR) is 54.5 cm³/mol. The number of alkyl halides is 5. The molecule has 0 aliphatic rings. The van der Waals surface area contributed by atoms with Crippen LogP contribution in [0.4, 0.5) is 26.3 Å². The van der Waals surface area contributed by atoms with Crippen LogP contribution in [0.5, 0.6) is 0 Å². The smallest absolute Gasteiger partial charge is 0.433 e. The van der Waals surface area contributed by atoms with Gasteiger partial charge in [0.15, 0.2) is 0 Å². The Morgan fingerprint density at radius 2 is 2.00 bits per heavy atom. The highest BCUT2D eigenvalue weighted by atomic mass is 19.4. The van der Waals surface area contributed by atoms with Crippen LogP contribution in [-0.4, -0.2) is 17.6 Å². The van der Waals surface area contributed by atoms with Gasteiger partial charge in [-0.2, -0.15) is 13.2 Å². The molecular formula is C11H9F6NO2. The second-order valence-corrected chi connectivity index (χ2v) is 3.63. The van der Waals surface area contributed by atoms with E-state index in [4.69, 9.17) is 0 Å². The number of hydrogen-bond acceptors (Lipinski definition) is 3. The Morgan fingerprint density at radius 1 is 1.40 bits per heavy atom. The molecule has 1 aromatic heterocycles. The monoisotopic (exact) mass is 301 g/mol. The molecule has 0 saturated carbocycles. The predicted octanol–water partition coefficient (Wildman–Crippen LogP) is 3.28. The quantitative estimate of drug-likeness (QED) is 0.633. The molecule has 0 aliphatic carbocycles. The molecular weight excluding hydrogens is 292 g/mol. The minimum absolute atomic E-state index is 0.0273. The third-order valence-corrected chi connectivity index (χ3v) is 2.23. The van der Waals surface area contributed by atoms with Crippen LogP contribution in [0.15, 0.2) is 6.07 Å². The molecule has 0 saturated heterocycles. The Bertz CT molecular complexity index is 500. The van der Waals surface area contributed by atoms with Crippen LogP contribution >= 0.6 is 0 Å². The lowest BCUT2D eigenvalue weighted by molar-refractivity contribution is -0.142. The summed E-state index contributed by atoms with van der Waals surface area (Å²) in [7, 11) is 0. The number of nitrogens with zero attached hydrogens (tertiary/aromatic N) is 1. The van der Waals surface area contributed by atoms with Crippen LogP contribution in [-0.2, 0) is 22.1 Å². The molecule has 1 heterocycles. The number of ether oxygens (including phenoxy) is 1. The van der Waals surface area contributed by atoms with Crippen LogP contribution in [0.25, 0.3) is 0 Å². The number of esters is 1. The Kier molecular flexibility index (Phi) is 4.96. The van der Waals surface area contributed by atoms with Gasteiger partial charge in [0.25, 0.3) is 6.43 Å². The molecule has 9 heteroatoms. The summed E-state index contributed by atoms with van der Waals surface area (Å²) in [5.74, 6) is -2.61. The van der Waals surface area contributed by atoms with E-state index in [0.29, 0.717) is 0 Å². The van der Waals surface area contributed by atoms with Gasteiger partial charge >= 0.3 is 12.1 Å². The maximum Gasteiger partial charge on any atom is 0.433 e. The number of rotatable bonds is 4. The summed E-state index contributed by atoms with van der Waals surface area (Å²) in [6.45, 7) is 1.37. The van der Waals surface area contributed by atoms with Gasteiger partial charge in [0.1, 0.15) is 17.2 Å². The van der Waals surface area contributed by atoms with Crippen LogP contribution < -0.4 is 0 Å². The topological polar surface area (TPSA) is 39.2 Å². The standard InChI is InChI=1S/C11H9F6NO2/c1-2-20-8(19)3-5-6(12)4-7(11(15,16)17)18-9(5)10(13)14/h4,10H,2-3H2,1H3. The maximum absolute atomic E-state index is 13.5. The average Bonchev–Trinajstić information content (AvgIpc) is 2.30. The molecule has 0 radical (unpaired) electrons. The van der Waals surface area contributed by atoms with E-state index in [0.717, 1.165) is 0 Å². The molecule has 0 amide bonds. The fourth-order valence-electron chi connectivity index (χ4n) is 1.42. The van der Waals surface area contributed by atoms with Crippen molar-refractivity contribution in [1.29, 1.82) is 0 Å². The number of aromatic nitrogens is 1. The highest BCUT2D eigenvalue weighted by molar-refractivity contribution is 5.73. The van der Waals surface area contributed by atoms with Gasteiger partial charge in [-0.05, 0) is 6.92 Å². The summed E-state index contributed by atoms with van der Waals surface area (Å²) in [6.07, 6.45) is -9.42. The molecule has 0 unspecified atom stereocenters. The van der Waals surface area contributed by atoms with Crippen molar-refractivity contribution in [3.8, 4) is 0 Å². The lowest BCUT2D eigenvalue weighted by Crippen LogP contribution is -2.16. The van der Waals surface area contributed by atoms with Crippen LogP contribution in [0.2, 0.25) is 0 Å². The molecule has 0 bridgehead atoms. The van der Waals surface area contributed by atoms with Crippen molar-refractivity contribution in [2.45, 2.75) is 25.9 Å². The van der Waals surface area contributed by atoms with E-state index in [-0.39, 0.29) is 12.7 Å². The van der Waals surface area contributed by atoms with Gasteiger partial charge in [0.05, 0.1) is 13.0 Å². The Labute approximate surface area is 109 Å². The van der Waals surface area contributed by atoms with Crippen molar-refractivity contribution in [3.05, 3.63) is 28.8 Å². The molecule has 1 aromatic rings. The first kappa shape index (κ1) is 16.3.